The summed E-state index contributed by atoms with van der Waals surface area (Å²) in [5.41, 5.74) is 4.05. The van der Waals surface area contributed by atoms with E-state index in [0.717, 1.165) is 25.9 Å². The number of carbonyl (C=O) groups is 2. The van der Waals surface area contributed by atoms with Gasteiger partial charge >= 0.3 is 12.1 Å². The minimum Gasteiger partial charge on any atom is -0.453 e. The Kier molecular flexibility index (Phi) is 7.08. The lowest BCUT2D eigenvalue weighted by Crippen LogP contribution is -2.46. The van der Waals surface area contributed by atoms with Crippen molar-refractivity contribution in [1.29, 1.82) is 0 Å². The fraction of sp³-hybridized carbons (Fsp3) is 0.364. The molecule has 0 aliphatic carbocycles. The summed E-state index contributed by atoms with van der Waals surface area (Å²) in [6.07, 6.45) is 1.48. The molecule has 2 aromatic rings. The van der Waals surface area contributed by atoms with Gasteiger partial charge in [0, 0.05) is 37.1 Å². The molecule has 3 amide bonds. The number of rotatable bonds is 6. The van der Waals surface area contributed by atoms with Gasteiger partial charge in [0.15, 0.2) is 0 Å². The van der Waals surface area contributed by atoms with Gasteiger partial charge in [-0.2, -0.15) is 0 Å². The molecule has 7 nitrogen and oxygen atoms in total. The maximum absolute atomic E-state index is 12.3. The third-order valence-corrected chi connectivity index (χ3v) is 5.22. The predicted molar refractivity (Wildman–Crippen MR) is 114 cm³/mol. The molecule has 0 aromatic heterocycles. The summed E-state index contributed by atoms with van der Waals surface area (Å²) in [4.78, 5) is 25.9. The molecule has 3 rings (SSSR count). The van der Waals surface area contributed by atoms with Gasteiger partial charge in [0.1, 0.15) is 0 Å². The Balaban J connectivity index is 1.48. The molecular formula is C22H28N4O3. The van der Waals surface area contributed by atoms with E-state index >= 15 is 0 Å². The van der Waals surface area contributed by atoms with Gasteiger partial charge in [0.25, 0.3) is 0 Å². The van der Waals surface area contributed by atoms with Gasteiger partial charge in [-0.3, -0.25) is 10.2 Å². The number of hydrogen-bond acceptors (Lipinski definition) is 4. The molecule has 0 saturated carbocycles. The van der Waals surface area contributed by atoms with E-state index in [-0.39, 0.29) is 6.03 Å². The highest BCUT2D eigenvalue weighted by Gasteiger charge is 2.22. The number of urea groups is 1. The summed E-state index contributed by atoms with van der Waals surface area (Å²) < 4.78 is 4.55. The van der Waals surface area contributed by atoms with Gasteiger partial charge in [0.05, 0.1) is 7.11 Å². The average Bonchev–Trinajstić information content (AvgIpc) is 2.75. The largest absolute Gasteiger partial charge is 0.453 e. The summed E-state index contributed by atoms with van der Waals surface area (Å²) in [5.74, 6) is 0. The number of amides is 3. The highest BCUT2D eigenvalue weighted by molar-refractivity contribution is 5.90. The van der Waals surface area contributed by atoms with Crippen LogP contribution in [0.1, 0.15) is 24.5 Å². The number of nitrogens with one attached hydrogen (secondary N) is 3. The van der Waals surface area contributed by atoms with Crippen LogP contribution in [0.4, 0.5) is 21.0 Å². The molecule has 0 spiro atoms. The molecule has 7 heteroatoms. The summed E-state index contributed by atoms with van der Waals surface area (Å²) in [7, 11) is 1.31. The lowest BCUT2D eigenvalue weighted by Gasteiger charge is -2.35. The molecule has 2 aromatic carbocycles. The molecule has 154 valence electrons. The van der Waals surface area contributed by atoms with E-state index in [2.05, 4.69) is 56.8 Å². The van der Waals surface area contributed by atoms with Crippen molar-refractivity contribution in [2.24, 2.45) is 0 Å². The van der Waals surface area contributed by atoms with Crippen molar-refractivity contribution >= 4 is 23.5 Å². The van der Waals surface area contributed by atoms with E-state index < -0.39 is 6.09 Å². The SMILES string of the molecule is CCC(CNC(=O)Nc1ccc(NC(=O)OC)cc1)N1CCc2ccccc2C1. The van der Waals surface area contributed by atoms with Crippen LogP contribution in [0.2, 0.25) is 0 Å². The van der Waals surface area contributed by atoms with E-state index in [4.69, 9.17) is 0 Å². The van der Waals surface area contributed by atoms with Crippen molar-refractivity contribution in [2.75, 3.05) is 30.8 Å². The zero-order valence-corrected chi connectivity index (χ0v) is 16.9. The third-order valence-electron chi connectivity index (χ3n) is 5.22. The minimum absolute atomic E-state index is 0.241. The Labute approximate surface area is 171 Å². The minimum atomic E-state index is -0.533. The van der Waals surface area contributed by atoms with Gasteiger partial charge in [-0.25, -0.2) is 9.59 Å². The Bertz CT molecular complexity index is 838. The maximum Gasteiger partial charge on any atom is 0.411 e. The predicted octanol–water partition coefficient (Wildman–Crippen LogP) is 3.82. The Morgan fingerprint density at radius 1 is 1.03 bits per heavy atom. The topological polar surface area (TPSA) is 82.7 Å². The molecule has 1 aliphatic heterocycles. The van der Waals surface area contributed by atoms with E-state index in [9.17, 15) is 9.59 Å². The van der Waals surface area contributed by atoms with Crippen LogP contribution in [0.25, 0.3) is 0 Å². The van der Waals surface area contributed by atoms with Crippen LogP contribution in [0.15, 0.2) is 48.5 Å². The number of anilines is 2. The Hall–Kier alpha value is -3.06. The number of methoxy groups -OCH3 is 1. The first-order valence-corrected chi connectivity index (χ1v) is 9.89. The molecule has 0 saturated heterocycles. The summed E-state index contributed by atoms with van der Waals surface area (Å²) >= 11 is 0. The number of nitrogens with zero attached hydrogens (tertiary/aromatic N) is 1. The molecule has 0 bridgehead atoms. The fourth-order valence-electron chi connectivity index (χ4n) is 3.55. The number of hydrogen-bond donors (Lipinski definition) is 3. The van der Waals surface area contributed by atoms with Gasteiger partial charge < -0.3 is 15.4 Å². The van der Waals surface area contributed by atoms with Crippen molar-refractivity contribution in [3.05, 3.63) is 59.7 Å². The van der Waals surface area contributed by atoms with Gasteiger partial charge in [-0.15, -0.1) is 0 Å². The third kappa shape index (κ3) is 5.71. The Morgan fingerprint density at radius 2 is 1.69 bits per heavy atom. The van der Waals surface area contributed by atoms with Crippen LogP contribution < -0.4 is 16.0 Å². The quantitative estimate of drug-likeness (QED) is 0.693. The molecule has 0 radical (unpaired) electrons. The van der Waals surface area contributed by atoms with Crippen LogP contribution in [0, 0.1) is 0 Å². The maximum atomic E-state index is 12.3. The Morgan fingerprint density at radius 3 is 2.34 bits per heavy atom. The number of carbonyl (C=O) groups excluding carboxylic acids is 2. The van der Waals surface area contributed by atoms with Gasteiger partial charge in [-0.1, -0.05) is 31.2 Å². The molecular weight excluding hydrogens is 368 g/mol. The first kappa shape index (κ1) is 20.7. The molecule has 1 heterocycles. The van der Waals surface area contributed by atoms with Crippen molar-refractivity contribution in [1.82, 2.24) is 10.2 Å². The van der Waals surface area contributed by atoms with Crippen molar-refractivity contribution < 1.29 is 14.3 Å². The number of fused-ring (bicyclic) bond motifs is 1. The fourth-order valence-corrected chi connectivity index (χ4v) is 3.55. The summed E-state index contributed by atoms with van der Waals surface area (Å²) in [6, 6.07) is 15.5. The molecule has 1 aliphatic rings. The van der Waals surface area contributed by atoms with Crippen LogP contribution in [0.3, 0.4) is 0 Å². The van der Waals surface area contributed by atoms with E-state index in [1.807, 2.05) is 0 Å². The van der Waals surface area contributed by atoms with E-state index in [0.29, 0.717) is 24.0 Å². The van der Waals surface area contributed by atoms with E-state index in [1.54, 1.807) is 24.3 Å². The van der Waals surface area contributed by atoms with Crippen LogP contribution in [-0.4, -0.2) is 43.3 Å². The molecule has 1 atom stereocenters. The van der Waals surface area contributed by atoms with Crippen LogP contribution in [0.5, 0.6) is 0 Å². The zero-order chi connectivity index (χ0) is 20.6. The van der Waals surface area contributed by atoms with Crippen molar-refractivity contribution in [3.8, 4) is 0 Å². The normalized spacial score (nSPS) is 14.4. The second-order valence-electron chi connectivity index (χ2n) is 7.08. The first-order chi connectivity index (χ1) is 14.1. The molecule has 3 N–H and O–H groups in total. The number of benzene rings is 2. The van der Waals surface area contributed by atoms with E-state index in [1.165, 1.54) is 18.2 Å². The summed E-state index contributed by atoms with van der Waals surface area (Å²) in [6.45, 7) is 4.67. The van der Waals surface area contributed by atoms with Crippen molar-refractivity contribution in [2.45, 2.75) is 32.4 Å². The number of ether oxygens (including phenoxy) is 1. The van der Waals surface area contributed by atoms with Crippen LogP contribution >= 0.6 is 0 Å². The molecule has 1 unspecified atom stereocenters. The highest BCUT2D eigenvalue weighted by Crippen LogP contribution is 2.21. The lowest BCUT2D eigenvalue weighted by molar-refractivity contribution is 0.170. The van der Waals surface area contributed by atoms with Crippen LogP contribution in [-0.2, 0) is 17.7 Å². The second kappa shape index (κ2) is 9.93. The smallest absolute Gasteiger partial charge is 0.411 e. The summed E-state index contributed by atoms with van der Waals surface area (Å²) in [5, 5.41) is 8.37. The average molecular weight is 396 g/mol. The van der Waals surface area contributed by atoms with Gasteiger partial charge in [-0.05, 0) is 48.2 Å². The second-order valence-corrected chi connectivity index (χ2v) is 7.08. The zero-order valence-electron chi connectivity index (χ0n) is 16.9. The standard InChI is InChI=1S/C22H28N4O3/c1-3-20(26-13-12-16-6-4-5-7-17(16)15-26)14-23-21(27)24-18-8-10-19(11-9-18)25-22(28)29-2/h4-11,20H,3,12-15H2,1-2H3,(H,25,28)(H2,23,24,27). The van der Waals surface area contributed by atoms with Crippen molar-refractivity contribution in [3.63, 3.8) is 0 Å². The lowest BCUT2D eigenvalue weighted by atomic mass is 9.98. The highest BCUT2D eigenvalue weighted by atomic mass is 16.5. The van der Waals surface area contributed by atoms with Gasteiger partial charge in [0.2, 0.25) is 0 Å². The first-order valence-electron chi connectivity index (χ1n) is 9.89. The molecule has 29 heavy (non-hydrogen) atoms. The monoisotopic (exact) mass is 396 g/mol. The molecule has 0 fully saturated rings.